The van der Waals surface area contributed by atoms with Crippen molar-refractivity contribution in [1.82, 2.24) is 4.57 Å². The lowest BCUT2D eigenvalue weighted by atomic mass is 10.1. The number of nitrogens with one attached hydrogen (secondary N) is 1. The van der Waals surface area contributed by atoms with Crippen LogP contribution >= 0.6 is 22.9 Å². The van der Waals surface area contributed by atoms with Crippen molar-refractivity contribution in [3.63, 3.8) is 0 Å². The topological polar surface area (TPSA) is 55.6 Å². The third-order valence-electron chi connectivity index (χ3n) is 4.82. The van der Waals surface area contributed by atoms with E-state index in [0.29, 0.717) is 16.5 Å². The molecule has 150 valence electrons. The maximum absolute atomic E-state index is 11.7. The van der Waals surface area contributed by atoms with E-state index >= 15 is 0 Å². The van der Waals surface area contributed by atoms with Crippen molar-refractivity contribution in [2.45, 2.75) is 33.2 Å². The average molecular weight is 428 g/mol. The Morgan fingerprint density at radius 2 is 2.14 bits per heavy atom. The summed E-state index contributed by atoms with van der Waals surface area (Å²) in [7, 11) is 0. The smallest absolute Gasteiger partial charge is 0.262 e. The van der Waals surface area contributed by atoms with Gasteiger partial charge in [-0.1, -0.05) is 31.0 Å². The van der Waals surface area contributed by atoms with E-state index in [-0.39, 0.29) is 12.5 Å². The van der Waals surface area contributed by atoms with Gasteiger partial charge in [0.2, 0.25) is 0 Å². The SMILES string of the molecule is CCCCn1c(-c2ccc3c(c2)NC(=O)CO3)csc1=Nc1ccc(C)c(Cl)c1. The summed E-state index contributed by atoms with van der Waals surface area (Å²) >= 11 is 7.87. The van der Waals surface area contributed by atoms with E-state index in [1.807, 2.05) is 43.3 Å². The summed E-state index contributed by atoms with van der Waals surface area (Å²) in [6.07, 6.45) is 2.14. The van der Waals surface area contributed by atoms with E-state index < -0.39 is 0 Å². The lowest BCUT2D eigenvalue weighted by Crippen LogP contribution is -2.25. The van der Waals surface area contributed by atoms with Gasteiger partial charge in [-0.05, 0) is 49.2 Å². The molecule has 1 aromatic heterocycles. The number of nitrogens with zero attached hydrogens (tertiary/aromatic N) is 2. The molecule has 3 aromatic rings. The fourth-order valence-corrected chi connectivity index (χ4v) is 4.32. The number of aromatic nitrogens is 1. The zero-order valence-electron chi connectivity index (χ0n) is 16.4. The first-order valence-electron chi connectivity index (χ1n) is 9.61. The van der Waals surface area contributed by atoms with Crippen molar-refractivity contribution in [3.05, 3.63) is 57.2 Å². The Morgan fingerprint density at radius 1 is 1.28 bits per heavy atom. The molecule has 0 atom stereocenters. The average Bonchev–Trinajstić information content (AvgIpc) is 3.11. The Hall–Kier alpha value is -2.57. The second kappa shape index (κ2) is 8.43. The van der Waals surface area contributed by atoms with Gasteiger partial charge in [0.15, 0.2) is 11.4 Å². The van der Waals surface area contributed by atoms with E-state index in [9.17, 15) is 4.79 Å². The van der Waals surface area contributed by atoms with Crippen molar-refractivity contribution < 1.29 is 9.53 Å². The first-order chi connectivity index (χ1) is 14.0. The van der Waals surface area contributed by atoms with Crippen LogP contribution in [0.15, 0.2) is 46.8 Å². The molecule has 29 heavy (non-hydrogen) atoms. The standard InChI is InChI=1S/C22H22ClN3O2S/c1-3-4-9-26-19(15-6-8-20-18(10-15)25-21(27)12-28-20)13-29-22(26)24-16-7-5-14(2)17(23)11-16/h5-8,10-11,13H,3-4,9,12H2,1-2H3,(H,25,27). The van der Waals surface area contributed by atoms with Crippen LogP contribution in [0.4, 0.5) is 11.4 Å². The summed E-state index contributed by atoms with van der Waals surface area (Å²) in [5.41, 5.74) is 4.67. The summed E-state index contributed by atoms with van der Waals surface area (Å²) < 4.78 is 7.71. The molecule has 0 bridgehead atoms. The molecule has 2 heterocycles. The number of amides is 1. The largest absolute Gasteiger partial charge is 0.482 e. The first-order valence-corrected chi connectivity index (χ1v) is 10.9. The van der Waals surface area contributed by atoms with E-state index in [1.54, 1.807) is 11.3 Å². The molecule has 2 aromatic carbocycles. The molecule has 7 heteroatoms. The number of hydrogen-bond acceptors (Lipinski definition) is 4. The molecule has 5 nitrogen and oxygen atoms in total. The van der Waals surface area contributed by atoms with Crippen molar-refractivity contribution >= 4 is 40.2 Å². The van der Waals surface area contributed by atoms with Gasteiger partial charge < -0.3 is 14.6 Å². The van der Waals surface area contributed by atoms with Crippen LogP contribution in [0.2, 0.25) is 5.02 Å². The maximum Gasteiger partial charge on any atom is 0.262 e. The highest BCUT2D eigenvalue weighted by molar-refractivity contribution is 7.07. The van der Waals surface area contributed by atoms with Gasteiger partial charge in [0.25, 0.3) is 5.91 Å². The molecule has 0 spiro atoms. The fraction of sp³-hybridized carbons (Fsp3) is 0.273. The van der Waals surface area contributed by atoms with Gasteiger partial charge in [-0.2, -0.15) is 0 Å². The van der Waals surface area contributed by atoms with Gasteiger partial charge in [0, 0.05) is 22.5 Å². The Bertz CT molecular complexity index is 1130. The highest BCUT2D eigenvalue weighted by Gasteiger charge is 2.17. The molecule has 1 amide bonds. The summed E-state index contributed by atoms with van der Waals surface area (Å²) in [5.74, 6) is 0.564. The molecule has 0 saturated heterocycles. The molecule has 0 fully saturated rings. The maximum atomic E-state index is 11.7. The summed E-state index contributed by atoms with van der Waals surface area (Å²) in [5, 5.41) is 5.71. The van der Waals surface area contributed by atoms with Crippen LogP contribution in [0.25, 0.3) is 11.3 Å². The van der Waals surface area contributed by atoms with Crippen LogP contribution in [0.5, 0.6) is 5.75 Å². The van der Waals surface area contributed by atoms with Gasteiger partial charge >= 0.3 is 0 Å². The molecular formula is C22H22ClN3O2S. The van der Waals surface area contributed by atoms with Gasteiger partial charge in [0.1, 0.15) is 5.75 Å². The summed E-state index contributed by atoms with van der Waals surface area (Å²) in [6.45, 7) is 5.08. The summed E-state index contributed by atoms with van der Waals surface area (Å²) in [4.78, 5) is 17.4. The molecule has 1 aliphatic heterocycles. The molecule has 0 radical (unpaired) electrons. The lowest BCUT2D eigenvalue weighted by molar-refractivity contribution is -0.118. The summed E-state index contributed by atoms with van der Waals surface area (Å²) in [6, 6.07) is 11.8. The Labute approximate surface area is 178 Å². The lowest BCUT2D eigenvalue weighted by Gasteiger charge is -2.19. The van der Waals surface area contributed by atoms with Gasteiger partial charge in [0.05, 0.1) is 17.1 Å². The number of aryl methyl sites for hydroxylation is 1. The Balaban J connectivity index is 1.78. The zero-order chi connectivity index (χ0) is 20.4. The molecule has 0 aliphatic carbocycles. The number of hydrogen-bond donors (Lipinski definition) is 1. The van der Waals surface area contributed by atoms with Crippen LogP contribution < -0.4 is 14.9 Å². The van der Waals surface area contributed by atoms with Crippen LogP contribution in [0.1, 0.15) is 25.3 Å². The molecule has 0 unspecified atom stereocenters. The number of anilines is 1. The predicted octanol–water partition coefficient (Wildman–Crippen LogP) is 5.54. The van der Waals surface area contributed by atoms with Crippen LogP contribution in [0.3, 0.4) is 0 Å². The van der Waals surface area contributed by atoms with E-state index in [1.165, 1.54) is 0 Å². The molecule has 4 rings (SSSR count). The first kappa shape index (κ1) is 19.7. The number of ether oxygens (including phenoxy) is 1. The highest BCUT2D eigenvalue weighted by Crippen LogP contribution is 2.33. The quantitative estimate of drug-likeness (QED) is 0.581. The molecule has 0 saturated carbocycles. The number of carbonyl (C=O) groups is 1. The van der Waals surface area contributed by atoms with Crippen molar-refractivity contribution in [1.29, 1.82) is 0 Å². The second-order valence-electron chi connectivity index (χ2n) is 7.00. The number of thiazole rings is 1. The number of unbranched alkanes of at least 4 members (excludes halogenated alkanes) is 1. The van der Waals surface area contributed by atoms with Crippen LogP contribution in [-0.4, -0.2) is 17.1 Å². The zero-order valence-corrected chi connectivity index (χ0v) is 17.9. The minimum Gasteiger partial charge on any atom is -0.482 e. The van der Waals surface area contributed by atoms with Gasteiger partial charge in [-0.3, -0.25) is 4.79 Å². The van der Waals surface area contributed by atoms with E-state index in [4.69, 9.17) is 21.3 Å². The van der Waals surface area contributed by atoms with Crippen LogP contribution in [-0.2, 0) is 11.3 Å². The number of halogens is 1. The van der Waals surface area contributed by atoms with Crippen molar-refractivity contribution in [2.24, 2.45) is 4.99 Å². The molecule has 1 aliphatic rings. The van der Waals surface area contributed by atoms with Crippen molar-refractivity contribution in [3.8, 4) is 17.0 Å². The third kappa shape index (κ3) is 4.23. The second-order valence-corrected chi connectivity index (χ2v) is 8.25. The van der Waals surface area contributed by atoms with Gasteiger partial charge in [-0.15, -0.1) is 11.3 Å². The minimum absolute atomic E-state index is 0.0590. The number of carbonyl (C=O) groups excluding carboxylic acids is 1. The van der Waals surface area contributed by atoms with Crippen LogP contribution in [0, 0.1) is 6.92 Å². The monoisotopic (exact) mass is 427 g/mol. The minimum atomic E-state index is -0.134. The number of rotatable bonds is 5. The highest BCUT2D eigenvalue weighted by atomic mass is 35.5. The van der Waals surface area contributed by atoms with E-state index in [2.05, 4.69) is 22.2 Å². The molecule has 1 N–H and O–H groups in total. The fourth-order valence-electron chi connectivity index (χ4n) is 3.19. The Kier molecular flexibility index (Phi) is 5.74. The third-order valence-corrected chi connectivity index (χ3v) is 6.09. The number of fused-ring (bicyclic) bond motifs is 1. The normalized spacial score (nSPS) is 13.8. The Morgan fingerprint density at radius 3 is 2.93 bits per heavy atom. The number of benzene rings is 2. The van der Waals surface area contributed by atoms with Crippen molar-refractivity contribution in [2.75, 3.05) is 11.9 Å². The molecular weight excluding hydrogens is 406 g/mol. The van der Waals surface area contributed by atoms with Gasteiger partial charge in [-0.25, -0.2) is 4.99 Å². The predicted molar refractivity (Wildman–Crippen MR) is 118 cm³/mol. The van der Waals surface area contributed by atoms with E-state index in [0.717, 1.165) is 46.7 Å².